The maximum absolute atomic E-state index is 12.9. The number of carbonyl (C=O) groups is 2. The van der Waals surface area contributed by atoms with Gasteiger partial charge in [0.25, 0.3) is 5.91 Å². The van der Waals surface area contributed by atoms with Gasteiger partial charge in [0.15, 0.2) is 0 Å². The molecule has 166 valence electrons. The zero-order valence-electron chi connectivity index (χ0n) is 18.4. The third kappa shape index (κ3) is 6.17. The minimum absolute atomic E-state index is 0.0389. The molecule has 1 N–H and O–H groups in total. The van der Waals surface area contributed by atoms with Crippen molar-refractivity contribution in [2.24, 2.45) is 5.92 Å². The van der Waals surface area contributed by atoms with E-state index in [1.54, 1.807) is 0 Å². The number of likely N-dealkylation sites (N-methyl/N-ethyl adjacent to an activating group) is 1. The number of nitrogens with one attached hydrogen (secondary N) is 1. The lowest BCUT2D eigenvalue weighted by atomic mass is 9.95. The molecule has 0 aliphatic carbocycles. The number of rotatable bonds is 8. The Balaban J connectivity index is 1.54. The zero-order valence-corrected chi connectivity index (χ0v) is 20.0. The number of nitrogens with zero attached hydrogens (tertiary/aromatic N) is 2. The lowest BCUT2D eigenvalue weighted by molar-refractivity contribution is -0.126. The summed E-state index contributed by atoms with van der Waals surface area (Å²) < 4.78 is 0.956. The highest BCUT2D eigenvalue weighted by Crippen LogP contribution is 2.22. The van der Waals surface area contributed by atoms with Crippen LogP contribution in [0.2, 0.25) is 0 Å². The normalized spacial score (nSPS) is 15.7. The van der Waals surface area contributed by atoms with Gasteiger partial charge in [0.2, 0.25) is 5.91 Å². The third-order valence-corrected chi connectivity index (χ3v) is 6.68. The number of piperidine rings is 1. The zero-order chi connectivity index (χ0) is 22.2. The van der Waals surface area contributed by atoms with Crippen molar-refractivity contribution in [3.8, 4) is 0 Å². The molecule has 1 aliphatic rings. The second-order valence-electron chi connectivity index (χ2n) is 7.97. The van der Waals surface area contributed by atoms with Crippen LogP contribution in [0.5, 0.6) is 0 Å². The fourth-order valence-electron chi connectivity index (χ4n) is 4.26. The molecule has 1 unspecified atom stereocenters. The minimum Gasteiger partial charge on any atom is -0.354 e. The van der Waals surface area contributed by atoms with E-state index in [-0.39, 0.29) is 23.8 Å². The Labute approximate surface area is 193 Å². The summed E-state index contributed by atoms with van der Waals surface area (Å²) >= 11 is 3.40. The quantitative estimate of drug-likeness (QED) is 0.598. The lowest BCUT2D eigenvalue weighted by Gasteiger charge is -2.33. The molecule has 6 heteroatoms. The summed E-state index contributed by atoms with van der Waals surface area (Å²) in [7, 11) is 0. The van der Waals surface area contributed by atoms with Gasteiger partial charge in [-0.15, -0.1) is 0 Å². The molecule has 1 saturated heterocycles. The van der Waals surface area contributed by atoms with Gasteiger partial charge in [-0.25, -0.2) is 0 Å². The second-order valence-corrected chi connectivity index (χ2v) is 8.88. The molecule has 2 amide bonds. The van der Waals surface area contributed by atoms with E-state index in [1.807, 2.05) is 47.4 Å². The highest BCUT2D eigenvalue weighted by Gasteiger charge is 2.28. The lowest BCUT2D eigenvalue weighted by Crippen LogP contribution is -2.45. The number of likely N-dealkylation sites (tertiary alicyclic amines) is 1. The standard InChI is InChI=1S/C25H32BrN3O2/c1-3-28(4-2)23(19-8-6-5-7-9-19)18-27-24(30)20-14-16-29(17-15-20)25(31)21-10-12-22(26)13-11-21/h5-13,20,23H,3-4,14-18H2,1-2H3,(H,27,30). The Morgan fingerprint density at radius 2 is 1.65 bits per heavy atom. The Morgan fingerprint density at radius 3 is 2.23 bits per heavy atom. The minimum atomic E-state index is -0.0397. The van der Waals surface area contributed by atoms with Crippen LogP contribution in [0.4, 0.5) is 0 Å². The molecule has 0 bridgehead atoms. The molecule has 0 aromatic heterocycles. The van der Waals surface area contributed by atoms with Crippen molar-refractivity contribution in [2.45, 2.75) is 32.7 Å². The molecule has 0 spiro atoms. The van der Waals surface area contributed by atoms with Crippen molar-refractivity contribution >= 4 is 27.7 Å². The molecule has 3 rings (SSSR count). The first-order chi connectivity index (χ1) is 15.0. The fourth-order valence-corrected chi connectivity index (χ4v) is 4.52. The van der Waals surface area contributed by atoms with Crippen molar-refractivity contribution in [3.63, 3.8) is 0 Å². The van der Waals surface area contributed by atoms with Gasteiger partial charge in [-0.2, -0.15) is 0 Å². The molecule has 31 heavy (non-hydrogen) atoms. The first-order valence-electron chi connectivity index (χ1n) is 11.1. The van der Waals surface area contributed by atoms with Crippen molar-refractivity contribution in [1.82, 2.24) is 15.1 Å². The molecule has 0 radical (unpaired) electrons. The Hall–Kier alpha value is -2.18. The number of benzene rings is 2. The van der Waals surface area contributed by atoms with Crippen molar-refractivity contribution in [3.05, 3.63) is 70.2 Å². The fraction of sp³-hybridized carbons (Fsp3) is 0.440. The summed E-state index contributed by atoms with van der Waals surface area (Å²) in [5.41, 5.74) is 1.91. The van der Waals surface area contributed by atoms with Gasteiger partial charge < -0.3 is 10.2 Å². The molecule has 2 aromatic rings. The Morgan fingerprint density at radius 1 is 1.03 bits per heavy atom. The molecule has 2 aromatic carbocycles. The maximum Gasteiger partial charge on any atom is 0.253 e. The monoisotopic (exact) mass is 485 g/mol. The number of halogens is 1. The predicted octanol–water partition coefficient (Wildman–Crippen LogP) is 4.50. The first-order valence-corrected chi connectivity index (χ1v) is 11.9. The van der Waals surface area contributed by atoms with Crippen LogP contribution in [0, 0.1) is 5.92 Å². The second kappa shape index (κ2) is 11.4. The van der Waals surface area contributed by atoms with Crippen LogP contribution in [0.25, 0.3) is 0 Å². The van der Waals surface area contributed by atoms with Crippen LogP contribution >= 0.6 is 15.9 Å². The van der Waals surface area contributed by atoms with E-state index in [1.165, 1.54) is 5.56 Å². The maximum atomic E-state index is 12.9. The average Bonchev–Trinajstić information content (AvgIpc) is 2.82. The van der Waals surface area contributed by atoms with E-state index in [4.69, 9.17) is 0 Å². The molecule has 1 atom stereocenters. The summed E-state index contributed by atoms with van der Waals surface area (Å²) in [5, 5.41) is 3.19. The molecule has 1 aliphatic heterocycles. The van der Waals surface area contributed by atoms with Crippen molar-refractivity contribution in [2.75, 3.05) is 32.7 Å². The highest BCUT2D eigenvalue weighted by molar-refractivity contribution is 9.10. The summed E-state index contributed by atoms with van der Waals surface area (Å²) in [6, 6.07) is 18.0. The summed E-state index contributed by atoms with van der Waals surface area (Å²) in [5.74, 6) is 0.1000. The van der Waals surface area contributed by atoms with E-state index in [0.717, 1.165) is 17.6 Å². The predicted molar refractivity (Wildman–Crippen MR) is 128 cm³/mol. The number of amides is 2. The smallest absolute Gasteiger partial charge is 0.253 e. The molecule has 0 saturated carbocycles. The third-order valence-electron chi connectivity index (χ3n) is 6.15. The average molecular weight is 486 g/mol. The van der Waals surface area contributed by atoms with Gasteiger partial charge in [0.1, 0.15) is 0 Å². The van der Waals surface area contributed by atoms with E-state index in [9.17, 15) is 9.59 Å². The van der Waals surface area contributed by atoms with Gasteiger partial charge in [-0.05, 0) is 55.8 Å². The van der Waals surface area contributed by atoms with Crippen LogP contribution in [0.15, 0.2) is 59.1 Å². The van der Waals surface area contributed by atoms with Crippen LogP contribution < -0.4 is 5.32 Å². The van der Waals surface area contributed by atoms with Crippen LogP contribution in [0.1, 0.15) is 48.7 Å². The summed E-state index contributed by atoms with van der Waals surface area (Å²) in [6.07, 6.45) is 1.41. The van der Waals surface area contributed by atoms with E-state index in [0.29, 0.717) is 38.0 Å². The summed E-state index contributed by atoms with van der Waals surface area (Å²) in [4.78, 5) is 29.8. The highest BCUT2D eigenvalue weighted by atomic mass is 79.9. The van der Waals surface area contributed by atoms with Crippen LogP contribution in [0.3, 0.4) is 0 Å². The topological polar surface area (TPSA) is 52.7 Å². The van der Waals surface area contributed by atoms with Crippen molar-refractivity contribution in [1.29, 1.82) is 0 Å². The number of hydrogen-bond donors (Lipinski definition) is 1. The largest absolute Gasteiger partial charge is 0.354 e. The molecule has 5 nitrogen and oxygen atoms in total. The Kier molecular flexibility index (Phi) is 8.67. The van der Waals surface area contributed by atoms with Gasteiger partial charge in [0.05, 0.1) is 6.04 Å². The van der Waals surface area contributed by atoms with E-state index < -0.39 is 0 Å². The molecular formula is C25H32BrN3O2. The molecular weight excluding hydrogens is 454 g/mol. The van der Waals surface area contributed by atoms with Gasteiger partial charge in [-0.1, -0.05) is 60.1 Å². The summed E-state index contributed by atoms with van der Waals surface area (Å²) in [6.45, 7) is 8.00. The number of carbonyl (C=O) groups excluding carboxylic acids is 2. The SMILES string of the molecule is CCN(CC)C(CNC(=O)C1CCN(C(=O)c2ccc(Br)cc2)CC1)c1ccccc1. The van der Waals surface area contributed by atoms with Crippen LogP contribution in [-0.4, -0.2) is 54.3 Å². The van der Waals surface area contributed by atoms with Crippen molar-refractivity contribution < 1.29 is 9.59 Å². The van der Waals surface area contributed by atoms with Crippen LogP contribution in [-0.2, 0) is 4.79 Å². The Bertz CT molecular complexity index is 845. The molecule has 1 heterocycles. The van der Waals surface area contributed by atoms with Gasteiger partial charge >= 0.3 is 0 Å². The van der Waals surface area contributed by atoms with E-state index in [2.05, 4.69) is 52.1 Å². The van der Waals surface area contributed by atoms with Gasteiger partial charge in [-0.3, -0.25) is 14.5 Å². The first kappa shape index (κ1) is 23.5. The number of hydrogen-bond acceptors (Lipinski definition) is 3. The van der Waals surface area contributed by atoms with E-state index >= 15 is 0 Å². The van der Waals surface area contributed by atoms with Gasteiger partial charge in [0, 0.05) is 35.6 Å². The molecule has 1 fully saturated rings.